The van der Waals surface area contributed by atoms with E-state index in [1.807, 2.05) is 32.8 Å². The van der Waals surface area contributed by atoms with Gasteiger partial charge in [0.1, 0.15) is 18.3 Å². The van der Waals surface area contributed by atoms with Crippen LogP contribution in [0.4, 0.5) is 0 Å². The van der Waals surface area contributed by atoms with Gasteiger partial charge in [0, 0.05) is 31.7 Å². The maximum absolute atomic E-state index is 11.6. The first-order valence-electron chi connectivity index (χ1n) is 10.5. The normalized spacial score (nSPS) is 46.8. The molecule has 2 N–H and O–H groups in total. The van der Waals surface area contributed by atoms with Crippen LogP contribution < -0.4 is 0 Å². The molecule has 0 bridgehead atoms. The molecular weight excluding hydrogens is 382 g/mol. The summed E-state index contributed by atoms with van der Waals surface area (Å²) in [7, 11) is 3.87. The van der Waals surface area contributed by atoms with Gasteiger partial charge in [-0.05, 0) is 34.9 Å². The van der Waals surface area contributed by atoms with Gasteiger partial charge in [-0.2, -0.15) is 0 Å². The number of hydrogen-bond acceptors (Lipinski definition) is 9. The summed E-state index contributed by atoms with van der Waals surface area (Å²) in [6.07, 6.45) is -3.26. The number of likely N-dealkylation sites (N-methyl/N-ethyl adjacent to an activating group) is 1. The third-order valence-electron chi connectivity index (χ3n) is 6.02. The fraction of sp³-hybridized carbons (Fsp3) is 0.950. The number of Topliss-reactive ketones (excluding diaryl/α,β-unsaturated/α-hetero) is 1. The van der Waals surface area contributed by atoms with Crippen molar-refractivity contribution in [2.75, 3.05) is 14.1 Å². The van der Waals surface area contributed by atoms with Crippen molar-refractivity contribution in [1.29, 1.82) is 0 Å². The molecule has 3 saturated heterocycles. The van der Waals surface area contributed by atoms with Crippen LogP contribution in [0.25, 0.3) is 0 Å². The highest BCUT2D eigenvalue weighted by Crippen LogP contribution is 2.31. The predicted octanol–water partition coefficient (Wildman–Crippen LogP) is 0.404. The fourth-order valence-corrected chi connectivity index (χ4v) is 4.33. The molecule has 0 aliphatic carbocycles. The number of carbonyl (C=O) groups is 1. The third kappa shape index (κ3) is 5.54. The minimum absolute atomic E-state index is 0.0339. The maximum atomic E-state index is 11.6. The molecule has 0 spiro atoms. The zero-order chi connectivity index (χ0) is 21.3. The zero-order valence-corrected chi connectivity index (χ0v) is 17.9. The number of hydrogen-bond donors (Lipinski definition) is 2. The van der Waals surface area contributed by atoms with Crippen LogP contribution in [0.15, 0.2) is 0 Å². The van der Waals surface area contributed by atoms with E-state index >= 15 is 0 Å². The summed E-state index contributed by atoms with van der Waals surface area (Å²) >= 11 is 0. The molecule has 3 aliphatic heterocycles. The number of aliphatic hydroxyl groups is 2. The van der Waals surface area contributed by atoms with Crippen LogP contribution >= 0.6 is 0 Å². The molecule has 3 rings (SSSR count). The lowest BCUT2D eigenvalue weighted by Crippen LogP contribution is -2.57. The first-order chi connectivity index (χ1) is 13.7. The first-order valence-corrected chi connectivity index (χ1v) is 10.5. The van der Waals surface area contributed by atoms with Crippen molar-refractivity contribution >= 4 is 5.78 Å². The molecule has 168 valence electrons. The van der Waals surface area contributed by atoms with Gasteiger partial charge in [-0.15, -0.1) is 0 Å². The predicted molar refractivity (Wildman–Crippen MR) is 102 cm³/mol. The summed E-state index contributed by atoms with van der Waals surface area (Å²) in [5.74, 6) is 0.0659. The molecule has 0 amide bonds. The fourth-order valence-electron chi connectivity index (χ4n) is 4.33. The minimum atomic E-state index is -0.823. The van der Waals surface area contributed by atoms with Gasteiger partial charge in [-0.25, -0.2) is 0 Å². The lowest BCUT2D eigenvalue weighted by Gasteiger charge is -2.45. The smallest absolute Gasteiger partial charge is 0.161 e. The number of rotatable bonds is 5. The molecule has 0 aromatic rings. The van der Waals surface area contributed by atoms with Gasteiger partial charge in [-0.1, -0.05) is 0 Å². The zero-order valence-electron chi connectivity index (χ0n) is 17.9. The number of ketones is 1. The molecule has 10 unspecified atom stereocenters. The quantitative estimate of drug-likeness (QED) is 0.657. The number of ether oxygens (including phenoxy) is 5. The van der Waals surface area contributed by atoms with E-state index in [9.17, 15) is 15.0 Å². The molecule has 3 fully saturated rings. The van der Waals surface area contributed by atoms with Gasteiger partial charge < -0.3 is 38.8 Å². The van der Waals surface area contributed by atoms with Crippen molar-refractivity contribution in [2.24, 2.45) is 0 Å². The van der Waals surface area contributed by atoms with E-state index < -0.39 is 43.3 Å². The third-order valence-corrected chi connectivity index (χ3v) is 6.02. The van der Waals surface area contributed by atoms with E-state index in [0.717, 1.165) is 0 Å². The number of carbonyl (C=O) groups excluding carboxylic acids is 1. The van der Waals surface area contributed by atoms with Gasteiger partial charge in [-0.3, -0.25) is 4.79 Å². The lowest BCUT2D eigenvalue weighted by atomic mass is 9.97. The summed E-state index contributed by atoms with van der Waals surface area (Å²) in [5, 5.41) is 20.6. The molecule has 0 saturated carbocycles. The van der Waals surface area contributed by atoms with Gasteiger partial charge in [0.25, 0.3) is 0 Å². The average molecular weight is 417 g/mol. The van der Waals surface area contributed by atoms with Crippen molar-refractivity contribution in [3.05, 3.63) is 0 Å². The molecule has 9 nitrogen and oxygen atoms in total. The second-order valence-electron chi connectivity index (χ2n) is 8.55. The molecule has 0 aromatic carbocycles. The Kier molecular flexibility index (Phi) is 7.66. The highest BCUT2D eigenvalue weighted by Gasteiger charge is 2.44. The molecule has 0 aromatic heterocycles. The highest BCUT2D eigenvalue weighted by atomic mass is 16.7. The Morgan fingerprint density at radius 3 is 2.21 bits per heavy atom. The Hall–Kier alpha value is -0.650. The molecule has 10 atom stereocenters. The lowest BCUT2D eigenvalue weighted by molar-refractivity contribution is -0.318. The average Bonchev–Trinajstić information content (AvgIpc) is 2.63. The maximum Gasteiger partial charge on any atom is 0.161 e. The number of nitrogens with zero attached hydrogens (tertiary/aromatic N) is 1. The SMILES string of the molecule is CC1OC(OC2C(O)CC(OC3C(C)OC(O)CC3N(C)C)OC2C)CCC1=O. The van der Waals surface area contributed by atoms with Crippen molar-refractivity contribution in [3.63, 3.8) is 0 Å². The Morgan fingerprint density at radius 1 is 0.931 bits per heavy atom. The van der Waals surface area contributed by atoms with Gasteiger partial charge >= 0.3 is 0 Å². The monoisotopic (exact) mass is 417 g/mol. The van der Waals surface area contributed by atoms with Crippen LogP contribution in [-0.4, -0.2) is 96.5 Å². The molecule has 3 aliphatic rings. The summed E-state index contributed by atoms with van der Waals surface area (Å²) in [6, 6.07) is -0.0339. The van der Waals surface area contributed by atoms with E-state index in [1.54, 1.807) is 6.92 Å². The van der Waals surface area contributed by atoms with Crippen LogP contribution in [0.2, 0.25) is 0 Å². The summed E-state index contributed by atoms with van der Waals surface area (Å²) < 4.78 is 29.2. The second-order valence-corrected chi connectivity index (χ2v) is 8.55. The van der Waals surface area contributed by atoms with E-state index in [2.05, 4.69) is 0 Å². The van der Waals surface area contributed by atoms with Crippen LogP contribution in [0.1, 0.15) is 46.5 Å². The highest BCUT2D eigenvalue weighted by molar-refractivity contribution is 5.83. The molecule has 9 heteroatoms. The standard InChI is InChI=1S/C20H35NO8/c1-10-14(22)6-7-17(26-10)28-20-12(3)27-18(9-15(20)23)29-19-11(2)25-16(24)8-13(19)21(4)5/h10-13,15-20,23-24H,6-9H2,1-5H3. The topological polar surface area (TPSA) is 107 Å². The van der Waals surface area contributed by atoms with Gasteiger partial charge in [0.2, 0.25) is 0 Å². The largest absolute Gasteiger partial charge is 0.390 e. The van der Waals surface area contributed by atoms with E-state index in [-0.39, 0.29) is 30.5 Å². The van der Waals surface area contributed by atoms with Crippen LogP contribution in [0.3, 0.4) is 0 Å². The van der Waals surface area contributed by atoms with Gasteiger partial charge in [0.05, 0.1) is 18.3 Å². The van der Waals surface area contributed by atoms with Crippen LogP contribution in [-0.2, 0) is 28.5 Å². The van der Waals surface area contributed by atoms with E-state index in [0.29, 0.717) is 19.3 Å². The van der Waals surface area contributed by atoms with Crippen molar-refractivity contribution in [2.45, 2.75) is 108 Å². The van der Waals surface area contributed by atoms with Gasteiger partial charge in [0.15, 0.2) is 24.7 Å². The van der Waals surface area contributed by atoms with E-state index in [4.69, 9.17) is 23.7 Å². The summed E-state index contributed by atoms with van der Waals surface area (Å²) in [6.45, 7) is 5.40. The molecule has 29 heavy (non-hydrogen) atoms. The van der Waals surface area contributed by atoms with Crippen LogP contribution in [0.5, 0.6) is 0 Å². The minimum Gasteiger partial charge on any atom is -0.390 e. The number of aliphatic hydroxyl groups excluding tert-OH is 2. The van der Waals surface area contributed by atoms with Crippen molar-refractivity contribution in [1.82, 2.24) is 4.90 Å². The molecular formula is C20H35NO8. The van der Waals surface area contributed by atoms with E-state index in [1.165, 1.54) is 0 Å². The Labute approximate surface area is 172 Å². The van der Waals surface area contributed by atoms with Crippen molar-refractivity contribution in [3.8, 4) is 0 Å². The van der Waals surface area contributed by atoms with Crippen LogP contribution in [0, 0.1) is 0 Å². The second kappa shape index (κ2) is 9.65. The molecule has 3 heterocycles. The Bertz CT molecular complexity index is 549. The summed E-state index contributed by atoms with van der Waals surface area (Å²) in [5.41, 5.74) is 0. The summed E-state index contributed by atoms with van der Waals surface area (Å²) in [4.78, 5) is 13.6. The Balaban J connectivity index is 1.57. The Morgan fingerprint density at radius 2 is 1.59 bits per heavy atom. The molecule has 0 radical (unpaired) electrons. The van der Waals surface area contributed by atoms with Crippen molar-refractivity contribution < 1.29 is 38.7 Å². The first kappa shape index (κ1) is 23.0.